The summed E-state index contributed by atoms with van der Waals surface area (Å²) >= 11 is 6.47. The monoisotopic (exact) mass is 514 g/mol. The van der Waals surface area contributed by atoms with Gasteiger partial charge in [-0.1, -0.05) is 36.4 Å². The molecule has 37 heavy (non-hydrogen) atoms. The summed E-state index contributed by atoms with van der Waals surface area (Å²) in [6, 6.07) is 14.9. The molecule has 188 valence electrons. The minimum Gasteiger partial charge on any atom is -0.360 e. The Morgan fingerprint density at radius 1 is 1.08 bits per heavy atom. The SMILES string of the molecule is C=CC(=O)Nc1ccc(C(=O)N[C@H]2CCC[C@@H](Nc3ncc(Cl)c(-c4c[nH]c5ccccc45)n3)C2)cc1. The lowest BCUT2D eigenvalue weighted by molar-refractivity contribution is -0.111. The molecule has 2 heterocycles. The number of amides is 2. The number of carbonyl (C=O) groups excluding carboxylic acids is 2. The van der Waals surface area contributed by atoms with E-state index in [-0.39, 0.29) is 23.9 Å². The largest absolute Gasteiger partial charge is 0.360 e. The van der Waals surface area contributed by atoms with Crippen molar-refractivity contribution in [3.63, 3.8) is 0 Å². The topological polar surface area (TPSA) is 112 Å². The molecule has 8 nitrogen and oxygen atoms in total. The fourth-order valence-corrected chi connectivity index (χ4v) is 4.89. The van der Waals surface area contributed by atoms with Crippen molar-refractivity contribution >= 4 is 46.0 Å². The van der Waals surface area contributed by atoms with E-state index in [0.717, 1.165) is 42.1 Å². The number of aromatic amines is 1. The first kappa shape index (κ1) is 24.5. The third kappa shape index (κ3) is 5.65. The standard InChI is InChI=1S/C28H27ClN6O2/c1-2-25(36)32-18-12-10-17(11-13-18)27(37)33-19-6-5-7-20(14-19)34-28-31-16-23(29)26(35-28)22-15-30-24-9-4-3-8-21(22)24/h2-4,8-13,15-16,19-20,30H,1,5-7,14H2,(H,32,36)(H,33,37)(H,31,34,35)/t19-,20+/m0/s1. The molecule has 0 spiro atoms. The van der Waals surface area contributed by atoms with Crippen LogP contribution in [0.2, 0.25) is 5.02 Å². The smallest absolute Gasteiger partial charge is 0.251 e. The highest BCUT2D eigenvalue weighted by atomic mass is 35.5. The molecule has 0 aliphatic heterocycles. The number of para-hydroxylation sites is 1. The second-order valence-corrected chi connectivity index (χ2v) is 9.49. The molecule has 5 rings (SSSR count). The van der Waals surface area contributed by atoms with Crippen molar-refractivity contribution in [2.24, 2.45) is 0 Å². The summed E-state index contributed by atoms with van der Waals surface area (Å²) in [6.07, 6.45) is 8.32. The molecule has 0 unspecified atom stereocenters. The number of H-pyrrole nitrogens is 1. The highest BCUT2D eigenvalue weighted by Crippen LogP contribution is 2.32. The number of halogens is 1. The average molecular weight is 515 g/mol. The second kappa shape index (κ2) is 10.8. The van der Waals surface area contributed by atoms with Crippen molar-refractivity contribution in [2.45, 2.75) is 37.8 Å². The first-order chi connectivity index (χ1) is 18.0. The predicted octanol–water partition coefficient (Wildman–Crippen LogP) is 5.56. The Hall–Kier alpha value is -4.17. The van der Waals surface area contributed by atoms with Crippen LogP contribution >= 0.6 is 11.6 Å². The molecule has 0 radical (unpaired) electrons. The molecule has 4 aromatic rings. The molecule has 1 aliphatic carbocycles. The van der Waals surface area contributed by atoms with Crippen LogP contribution in [0.5, 0.6) is 0 Å². The van der Waals surface area contributed by atoms with Gasteiger partial charge in [0, 0.05) is 46.0 Å². The predicted molar refractivity (Wildman–Crippen MR) is 147 cm³/mol. The van der Waals surface area contributed by atoms with E-state index in [0.29, 0.717) is 27.9 Å². The van der Waals surface area contributed by atoms with Crippen molar-refractivity contribution in [1.29, 1.82) is 0 Å². The van der Waals surface area contributed by atoms with E-state index >= 15 is 0 Å². The summed E-state index contributed by atoms with van der Waals surface area (Å²) < 4.78 is 0. The number of nitrogens with one attached hydrogen (secondary N) is 4. The molecular weight excluding hydrogens is 488 g/mol. The number of aromatic nitrogens is 3. The zero-order valence-corrected chi connectivity index (χ0v) is 20.9. The fraction of sp³-hybridized carbons (Fsp3) is 0.214. The van der Waals surface area contributed by atoms with Crippen LogP contribution in [-0.4, -0.2) is 38.8 Å². The van der Waals surface area contributed by atoms with Crippen LogP contribution in [-0.2, 0) is 4.79 Å². The quantitative estimate of drug-likeness (QED) is 0.241. The van der Waals surface area contributed by atoms with Gasteiger partial charge < -0.3 is 20.9 Å². The van der Waals surface area contributed by atoms with Gasteiger partial charge in [0.1, 0.15) is 0 Å². The van der Waals surface area contributed by atoms with Crippen LogP contribution in [0.25, 0.3) is 22.2 Å². The van der Waals surface area contributed by atoms with E-state index in [9.17, 15) is 9.59 Å². The number of anilines is 2. The Labute approximate surface area is 219 Å². The summed E-state index contributed by atoms with van der Waals surface area (Å²) in [4.78, 5) is 36.6. The van der Waals surface area contributed by atoms with Gasteiger partial charge in [-0.15, -0.1) is 0 Å². The van der Waals surface area contributed by atoms with E-state index in [1.54, 1.807) is 30.5 Å². The molecule has 2 amide bonds. The maximum Gasteiger partial charge on any atom is 0.251 e. The van der Waals surface area contributed by atoms with Gasteiger partial charge in [0.25, 0.3) is 5.91 Å². The lowest BCUT2D eigenvalue weighted by atomic mass is 9.91. The van der Waals surface area contributed by atoms with Gasteiger partial charge >= 0.3 is 0 Å². The Morgan fingerprint density at radius 3 is 2.68 bits per heavy atom. The number of nitrogens with zero attached hydrogens (tertiary/aromatic N) is 2. The maximum atomic E-state index is 12.8. The van der Waals surface area contributed by atoms with E-state index in [2.05, 4.69) is 32.5 Å². The molecule has 0 saturated heterocycles. The number of fused-ring (bicyclic) bond motifs is 1. The molecule has 1 fully saturated rings. The summed E-state index contributed by atoms with van der Waals surface area (Å²) in [7, 11) is 0. The number of benzene rings is 2. The zero-order chi connectivity index (χ0) is 25.8. The van der Waals surface area contributed by atoms with Crippen molar-refractivity contribution in [2.75, 3.05) is 10.6 Å². The minimum atomic E-state index is -0.295. The molecule has 2 atom stereocenters. The summed E-state index contributed by atoms with van der Waals surface area (Å²) in [6.45, 7) is 3.43. The van der Waals surface area contributed by atoms with Crippen molar-refractivity contribution in [3.05, 3.63) is 84.2 Å². The van der Waals surface area contributed by atoms with E-state index in [1.807, 2.05) is 30.5 Å². The van der Waals surface area contributed by atoms with Crippen LogP contribution in [0.3, 0.4) is 0 Å². The van der Waals surface area contributed by atoms with E-state index in [1.165, 1.54) is 6.08 Å². The second-order valence-electron chi connectivity index (χ2n) is 9.09. The Balaban J connectivity index is 1.23. The molecule has 4 N–H and O–H groups in total. The van der Waals surface area contributed by atoms with Crippen molar-refractivity contribution < 1.29 is 9.59 Å². The highest BCUT2D eigenvalue weighted by Gasteiger charge is 2.25. The molecule has 1 aliphatic rings. The molecular formula is C28H27ClN6O2. The minimum absolute atomic E-state index is 0.0271. The van der Waals surface area contributed by atoms with Gasteiger partial charge in [0.2, 0.25) is 11.9 Å². The first-order valence-corrected chi connectivity index (χ1v) is 12.6. The van der Waals surface area contributed by atoms with Crippen molar-refractivity contribution in [1.82, 2.24) is 20.3 Å². The lowest BCUT2D eigenvalue weighted by Gasteiger charge is -2.30. The fourth-order valence-electron chi connectivity index (χ4n) is 4.69. The van der Waals surface area contributed by atoms with E-state index < -0.39 is 0 Å². The lowest BCUT2D eigenvalue weighted by Crippen LogP contribution is -2.42. The summed E-state index contributed by atoms with van der Waals surface area (Å²) in [5.74, 6) is 0.0756. The Kier molecular flexibility index (Phi) is 7.18. The van der Waals surface area contributed by atoms with Gasteiger partial charge in [-0.25, -0.2) is 9.97 Å². The molecule has 9 heteroatoms. The number of carbonyl (C=O) groups is 2. The van der Waals surface area contributed by atoms with Gasteiger partial charge in [-0.05, 0) is 62.1 Å². The molecule has 0 bridgehead atoms. The molecule has 2 aromatic heterocycles. The van der Waals surface area contributed by atoms with E-state index in [4.69, 9.17) is 16.6 Å². The number of hydrogen-bond donors (Lipinski definition) is 4. The van der Waals surface area contributed by atoms with Crippen molar-refractivity contribution in [3.8, 4) is 11.3 Å². The maximum absolute atomic E-state index is 12.8. The van der Waals surface area contributed by atoms with Crippen LogP contribution < -0.4 is 16.0 Å². The molecule has 2 aromatic carbocycles. The summed E-state index contributed by atoms with van der Waals surface area (Å²) in [5, 5.41) is 10.8. The van der Waals surface area contributed by atoms with Gasteiger partial charge in [-0.3, -0.25) is 9.59 Å². The number of hydrogen-bond acceptors (Lipinski definition) is 5. The zero-order valence-electron chi connectivity index (χ0n) is 20.1. The highest BCUT2D eigenvalue weighted by molar-refractivity contribution is 6.33. The normalized spacial score (nSPS) is 17.2. The van der Waals surface area contributed by atoms with Crippen LogP contribution in [0, 0.1) is 0 Å². The Bertz CT molecular complexity index is 1450. The first-order valence-electron chi connectivity index (χ1n) is 12.2. The average Bonchev–Trinajstić information content (AvgIpc) is 3.34. The third-order valence-corrected chi connectivity index (χ3v) is 6.81. The van der Waals surface area contributed by atoms with Gasteiger partial charge in [0.15, 0.2) is 0 Å². The van der Waals surface area contributed by atoms with Gasteiger partial charge in [-0.2, -0.15) is 0 Å². The van der Waals surface area contributed by atoms with Crippen LogP contribution in [0.4, 0.5) is 11.6 Å². The third-order valence-electron chi connectivity index (χ3n) is 6.53. The van der Waals surface area contributed by atoms with Crippen LogP contribution in [0.1, 0.15) is 36.0 Å². The number of rotatable bonds is 7. The summed E-state index contributed by atoms with van der Waals surface area (Å²) in [5.41, 5.74) is 3.76. The molecule has 1 saturated carbocycles. The Morgan fingerprint density at radius 2 is 1.86 bits per heavy atom. The van der Waals surface area contributed by atoms with Crippen LogP contribution in [0.15, 0.2) is 73.6 Å². The van der Waals surface area contributed by atoms with Gasteiger partial charge in [0.05, 0.1) is 16.9 Å².